The van der Waals surface area contributed by atoms with E-state index >= 15 is 0 Å². The van der Waals surface area contributed by atoms with E-state index in [1.54, 1.807) is 26.2 Å². The Balaban J connectivity index is 2.12. The fraction of sp³-hybridized carbons (Fsp3) is 0.743. The molecule has 2 rings (SSSR count). The van der Waals surface area contributed by atoms with E-state index in [4.69, 9.17) is 9.47 Å². The van der Waals surface area contributed by atoms with E-state index in [2.05, 4.69) is 44.4 Å². The molecule has 1 aromatic rings. The van der Waals surface area contributed by atoms with Crippen molar-refractivity contribution in [1.29, 1.82) is 0 Å². The maximum absolute atomic E-state index is 13.7. The summed E-state index contributed by atoms with van der Waals surface area (Å²) in [6.45, 7) is 13.6. The first-order valence-electron chi connectivity index (χ1n) is 16.7. The maximum Gasteiger partial charge on any atom is 0.242 e. The molecule has 0 aromatic heterocycles. The Hall–Kier alpha value is -2.69. The summed E-state index contributed by atoms with van der Waals surface area (Å²) < 4.78 is 11.7. The highest BCUT2D eigenvalue weighted by atomic mass is 16.5. The molecule has 6 unspecified atom stereocenters. The van der Waals surface area contributed by atoms with Crippen LogP contribution in [0.1, 0.15) is 72.8 Å². The molecule has 1 aliphatic rings. The lowest BCUT2D eigenvalue weighted by molar-refractivity contribution is -0.144. The normalized spacial score (nSPS) is 18.5. The molecule has 0 aliphatic carbocycles. The summed E-state index contributed by atoms with van der Waals surface area (Å²) in [4.78, 5) is 46.3. The van der Waals surface area contributed by atoms with Gasteiger partial charge in [-0.05, 0) is 55.3 Å². The van der Waals surface area contributed by atoms with Crippen LogP contribution in [-0.4, -0.2) is 111 Å². The highest BCUT2D eigenvalue weighted by Gasteiger charge is 2.40. The summed E-state index contributed by atoms with van der Waals surface area (Å²) in [7, 11) is 8.89. The van der Waals surface area contributed by atoms with Crippen LogP contribution in [0.25, 0.3) is 0 Å². The Kier molecular flexibility index (Phi) is 15.8. The molecule has 3 amide bonds. The van der Waals surface area contributed by atoms with Crippen molar-refractivity contribution in [2.24, 2.45) is 17.8 Å². The van der Waals surface area contributed by atoms with Crippen molar-refractivity contribution < 1.29 is 23.9 Å². The van der Waals surface area contributed by atoms with Crippen LogP contribution in [0, 0.1) is 17.8 Å². The minimum Gasteiger partial charge on any atom is -0.388 e. The number of likely N-dealkylation sites (N-methyl/N-ethyl adjacent to an activating group) is 2. The average molecular weight is 632 g/mol. The quantitative estimate of drug-likeness (QED) is 0.250. The zero-order valence-corrected chi connectivity index (χ0v) is 29.8. The van der Waals surface area contributed by atoms with Gasteiger partial charge in [0.05, 0.1) is 43.3 Å². The van der Waals surface area contributed by atoms with Crippen LogP contribution < -0.4 is 10.6 Å². The molecule has 45 heavy (non-hydrogen) atoms. The van der Waals surface area contributed by atoms with E-state index in [0.717, 1.165) is 30.5 Å². The van der Waals surface area contributed by atoms with Gasteiger partial charge in [0, 0.05) is 47.1 Å². The summed E-state index contributed by atoms with van der Waals surface area (Å²) in [5.41, 5.74) is 2.11. The number of methoxy groups -OCH3 is 2. The average Bonchev–Trinajstić information content (AvgIpc) is 3.48. The van der Waals surface area contributed by atoms with E-state index in [0.29, 0.717) is 13.1 Å². The monoisotopic (exact) mass is 631 g/mol. The summed E-state index contributed by atoms with van der Waals surface area (Å²) in [6.07, 6.45) is 2.34. The van der Waals surface area contributed by atoms with Gasteiger partial charge in [0.15, 0.2) is 0 Å². The minimum atomic E-state index is -0.485. The van der Waals surface area contributed by atoms with Gasteiger partial charge >= 0.3 is 0 Å². The van der Waals surface area contributed by atoms with Crippen LogP contribution in [0.2, 0.25) is 0 Å². The van der Waals surface area contributed by atoms with Gasteiger partial charge in [-0.2, -0.15) is 0 Å². The number of anilines is 1. The van der Waals surface area contributed by atoms with Crippen LogP contribution in [0.15, 0.2) is 24.3 Å². The number of benzene rings is 1. The van der Waals surface area contributed by atoms with Gasteiger partial charge in [0.2, 0.25) is 17.7 Å². The SMILES string of the molecule is CCC(C)C(C(CC(=O)N1CCCC1C(OC)C(C)C)OC)N(C)C(=O)CNC(=O)C(C(C)C)N(C)Cc1cccc(NC)c1. The summed E-state index contributed by atoms with van der Waals surface area (Å²) >= 11 is 0. The third-order valence-corrected chi connectivity index (χ3v) is 9.49. The van der Waals surface area contributed by atoms with Crippen molar-refractivity contribution in [3.63, 3.8) is 0 Å². The maximum atomic E-state index is 13.7. The Morgan fingerprint density at radius 3 is 2.29 bits per heavy atom. The second kappa shape index (κ2) is 18.5. The van der Waals surface area contributed by atoms with Crippen molar-refractivity contribution in [1.82, 2.24) is 20.0 Å². The van der Waals surface area contributed by atoms with Crippen LogP contribution in [0.3, 0.4) is 0 Å². The van der Waals surface area contributed by atoms with Gasteiger partial charge in [-0.15, -0.1) is 0 Å². The molecule has 1 fully saturated rings. The second-order valence-electron chi connectivity index (χ2n) is 13.4. The van der Waals surface area contributed by atoms with Gasteiger partial charge in [-0.25, -0.2) is 0 Å². The number of rotatable bonds is 18. The van der Waals surface area contributed by atoms with Crippen molar-refractivity contribution in [2.45, 2.75) is 104 Å². The van der Waals surface area contributed by atoms with E-state index in [9.17, 15) is 14.4 Å². The van der Waals surface area contributed by atoms with Crippen LogP contribution in [0.5, 0.6) is 0 Å². The number of carbonyl (C=O) groups excluding carboxylic acids is 3. The number of ether oxygens (including phenoxy) is 2. The number of hydrogen-bond donors (Lipinski definition) is 2. The fourth-order valence-corrected chi connectivity index (χ4v) is 6.97. The number of likely N-dealkylation sites (tertiary alicyclic amines) is 1. The lowest BCUT2D eigenvalue weighted by Gasteiger charge is -2.39. The Morgan fingerprint density at radius 2 is 1.73 bits per heavy atom. The van der Waals surface area contributed by atoms with E-state index < -0.39 is 12.1 Å². The first-order chi connectivity index (χ1) is 21.3. The topological polar surface area (TPSA) is 103 Å². The van der Waals surface area contributed by atoms with Gasteiger partial charge < -0.3 is 29.9 Å². The molecule has 0 radical (unpaired) electrons. The van der Waals surface area contributed by atoms with Crippen molar-refractivity contribution >= 4 is 23.4 Å². The molecular weight excluding hydrogens is 570 g/mol. The molecule has 1 saturated heterocycles. The molecule has 256 valence electrons. The van der Waals surface area contributed by atoms with E-state index in [-0.39, 0.29) is 66.6 Å². The standard InChI is InChI=1S/C35H61N5O5/c1-12-25(6)33(29(44-10)20-30(41)40-18-14-17-28(40)34(45-11)24(4)5)39(9)31(42)21-37-35(43)32(23(2)3)38(8)22-26-15-13-16-27(19-26)36-7/h13,15-16,19,23-25,28-29,32-34,36H,12,14,17-18,20-22H2,1-11H3,(H,37,43). The largest absolute Gasteiger partial charge is 0.388 e. The first-order valence-corrected chi connectivity index (χ1v) is 16.7. The molecule has 0 spiro atoms. The minimum absolute atomic E-state index is 0.0251. The molecule has 2 N–H and O–H groups in total. The van der Waals surface area contributed by atoms with Crippen LogP contribution in [0.4, 0.5) is 5.69 Å². The zero-order chi connectivity index (χ0) is 33.8. The summed E-state index contributed by atoms with van der Waals surface area (Å²) in [5.74, 6) is 0.0291. The molecule has 1 aliphatic heterocycles. The molecule has 1 heterocycles. The molecule has 0 saturated carbocycles. The van der Waals surface area contributed by atoms with Gasteiger partial charge in [-0.1, -0.05) is 60.1 Å². The highest BCUT2D eigenvalue weighted by molar-refractivity contribution is 5.87. The Bertz CT molecular complexity index is 1080. The molecule has 10 nitrogen and oxygen atoms in total. The fourth-order valence-electron chi connectivity index (χ4n) is 6.97. The van der Waals surface area contributed by atoms with E-state index in [1.807, 2.05) is 55.9 Å². The number of amides is 3. The van der Waals surface area contributed by atoms with Crippen LogP contribution in [-0.2, 0) is 30.4 Å². The van der Waals surface area contributed by atoms with E-state index in [1.165, 1.54) is 0 Å². The number of carbonyl (C=O) groups is 3. The number of nitrogens with one attached hydrogen (secondary N) is 2. The number of hydrogen-bond acceptors (Lipinski definition) is 7. The van der Waals surface area contributed by atoms with Crippen LogP contribution >= 0.6 is 0 Å². The summed E-state index contributed by atoms with van der Waals surface area (Å²) in [5, 5.41) is 6.06. The first kappa shape index (κ1) is 38.5. The smallest absolute Gasteiger partial charge is 0.242 e. The van der Waals surface area contributed by atoms with Gasteiger partial charge in [0.25, 0.3) is 0 Å². The van der Waals surface area contributed by atoms with Gasteiger partial charge in [0.1, 0.15) is 0 Å². The molecule has 1 aromatic carbocycles. The lowest BCUT2D eigenvalue weighted by atomic mass is 9.90. The van der Waals surface area contributed by atoms with Crippen molar-refractivity contribution in [2.75, 3.05) is 53.8 Å². The predicted octanol–water partition coefficient (Wildman–Crippen LogP) is 4.24. The molecule has 10 heteroatoms. The Labute approximate surface area is 272 Å². The predicted molar refractivity (Wildman–Crippen MR) is 181 cm³/mol. The van der Waals surface area contributed by atoms with Crippen molar-refractivity contribution in [3.05, 3.63) is 29.8 Å². The second-order valence-corrected chi connectivity index (χ2v) is 13.4. The van der Waals surface area contributed by atoms with Crippen molar-refractivity contribution in [3.8, 4) is 0 Å². The lowest BCUT2D eigenvalue weighted by Crippen LogP contribution is -2.55. The molecule has 6 atom stereocenters. The highest BCUT2D eigenvalue weighted by Crippen LogP contribution is 2.29. The number of nitrogens with zero attached hydrogens (tertiary/aromatic N) is 3. The van der Waals surface area contributed by atoms with Gasteiger partial charge in [-0.3, -0.25) is 19.3 Å². The zero-order valence-electron chi connectivity index (χ0n) is 29.8. The third-order valence-electron chi connectivity index (χ3n) is 9.49. The molecular formula is C35H61N5O5. The third kappa shape index (κ3) is 10.4. The Morgan fingerprint density at radius 1 is 1.04 bits per heavy atom. The molecule has 0 bridgehead atoms. The summed E-state index contributed by atoms with van der Waals surface area (Å²) in [6, 6.07) is 7.40.